The second-order valence-corrected chi connectivity index (χ2v) is 9.94. The van der Waals surface area contributed by atoms with Crippen molar-refractivity contribution in [3.05, 3.63) is 79.7 Å². The summed E-state index contributed by atoms with van der Waals surface area (Å²) in [7, 11) is 0. The van der Waals surface area contributed by atoms with Gasteiger partial charge < -0.3 is 19.5 Å². The van der Waals surface area contributed by atoms with Gasteiger partial charge in [-0.05, 0) is 105 Å². The second-order valence-electron chi connectivity index (χ2n) is 7.80. The molecule has 0 aliphatic carbocycles. The highest BCUT2D eigenvalue weighted by atomic mass is 79.9. The van der Waals surface area contributed by atoms with E-state index in [1.54, 1.807) is 54.6 Å². The lowest BCUT2D eigenvalue weighted by Crippen LogP contribution is -2.20. The molecule has 38 heavy (non-hydrogen) atoms. The van der Waals surface area contributed by atoms with E-state index in [-0.39, 0.29) is 12.5 Å². The molecule has 2 amide bonds. The molecule has 3 rings (SSSR count). The summed E-state index contributed by atoms with van der Waals surface area (Å²) in [5, 5.41) is 7.37. The van der Waals surface area contributed by atoms with Crippen LogP contribution in [0.2, 0.25) is 5.02 Å². The number of nitrogens with zero attached hydrogens (tertiary/aromatic N) is 1. The Morgan fingerprint density at radius 3 is 2.32 bits per heavy atom. The van der Waals surface area contributed by atoms with Gasteiger partial charge in [-0.25, -0.2) is 5.43 Å². The van der Waals surface area contributed by atoms with E-state index in [0.29, 0.717) is 61.2 Å². The Kier molecular flexibility index (Phi) is 11.4. The monoisotopic (exact) mass is 665 g/mol. The number of hydrogen-bond donors (Lipinski definition) is 2. The van der Waals surface area contributed by atoms with Crippen molar-refractivity contribution in [1.82, 2.24) is 5.43 Å². The SMILES string of the molecule is CCCOc1ccc(C(=O)N/N=C/c2cc(Br)c(OCC(=O)Nc3ccc(Cl)cc3)c(Br)c2)cc1OCC. The van der Waals surface area contributed by atoms with Crippen molar-refractivity contribution >= 4 is 67.2 Å². The van der Waals surface area contributed by atoms with Crippen LogP contribution in [-0.2, 0) is 4.79 Å². The van der Waals surface area contributed by atoms with Crippen molar-refractivity contribution in [2.45, 2.75) is 20.3 Å². The molecule has 0 bridgehead atoms. The first-order valence-corrected chi connectivity index (χ1v) is 13.7. The normalized spacial score (nSPS) is 10.8. The first kappa shape index (κ1) is 29.5. The summed E-state index contributed by atoms with van der Waals surface area (Å²) in [5.41, 5.74) is 4.19. The molecule has 0 aliphatic rings. The van der Waals surface area contributed by atoms with Crippen molar-refractivity contribution in [2.75, 3.05) is 25.1 Å². The Morgan fingerprint density at radius 2 is 1.66 bits per heavy atom. The molecule has 2 N–H and O–H groups in total. The smallest absolute Gasteiger partial charge is 0.271 e. The lowest BCUT2D eigenvalue weighted by Gasteiger charge is -2.12. The fourth-order valence-electron chi connectivity index (χ4n) is 3.14. The van der Waals surface area contributed by atoms with Gasteiger partial charge in [0.2, 0.25) is 0 Å². The minimum atomic E-state index is -0.394. The lowest BCUT2D eigenvalue weighted by molar-refractivity contribution is -0.118. The number of carbonyl (C=O) groups is 2. The van der Waals surface area contributed by atoms with Crippen molar-refractivity contribution in [1.29, 1.82) is 0 Å². The predicted octanol–water partition coefficient (Wildman–Crippen LogP) is 6.83. The molecular formula is C27H26Br2ClN3O5. The van der Waals surface area contributed by atoms with E-state index in [1.165, 1.54) is 6.21 Å². The number of nitrogens with one attached hydrogen (secondary N) is 2. The highest BCUT2D eigenvalue weighted by Gasteiger charge is 2.13. The Hall–Kier alpha value is -3.08. The predicted molar refractivity (Wildman–Crippen MR) is 156 cm³/mol. The summed E-state index contributed by atoms with van der Waals surface area (Å²) in [6.07, 6.45) is 2.36. The largest absolute Gasteiger partial charge is 0.490 e. The third kappa shape index (κ3) is 8.75. The van der Waals surface area contributed by atoms with Crippen LogP contribution in [0.3, 0.4) is 0 Å². The van der Waals surface area contributed by atoms with Gasteiger partial charge in [0.1, 0.15) is 5.75 Å². The molecule has 3 aromatic carbocycles. The van der Waals surface area contributed by atoms with E-state index in [2.05, 4.69) is 47.7 Å². The van der Waals surface area contributed by atoms with E-state index in [9.17, 15) is 9.59 Å². The molecule has 0 fully saturated rings. The summed E-state index contributed by atoms with van der Waals surface area (Å²) in [5.74, 6) is 0.827. The number of hydrazone groups is 1. The molecule has 0 aromatic heterocycles. The van der Waals surface area contributed by atoms with Gasteiger partial charge in [-0.15, -0.1) is 0 Å². The van der Waals surface area contributed by atoms with Gasteiger partial charge >= 0.3 is 0 Å². The van der Waals surface area contributed by atoms with Crippen LogP contribution in [0.4, 0.5) is 5.69 Å². The van der Waals surface area contributed by atoms with Crippen LogP contribution in [0.25, 0.3) is 0 Å². The van der Waals surface area contributed by atoms with Gasteiger partial charge in [-0.3, -0.25) is 9.59 Å². The van der Waals surface area contributed by atoms with Crippen LogP contribution in [-0.4, -0.2) is 37.8 Å². The third-order valence-corrected chi connectivity index (χ3v) is 6.27. The number of halogens is 3. The Balaban J connectivity index is 1.59. The molecule has 8 nitrogen and oxygen atoms in total. The number of benzene rings is 3. The van der Waals surface area contributed by atoms with Crippen molar-refractivity contribution in [3.63, 3.8) is 0 Å². The number of carbonyl (C=O) groups excluding carboxylic acids is 2. The molecule has 0 atom stereocenters. The Morgan fingerprint density at radius 1 is 0.947 bits per heavy atom. The van der Waals surface area contributed by atoms with Crippen LogP contribution >= 0.6 is 43.5 Å². The molecular weight excluding hydrogens is 642 g/mol. The summed E-state index contributed by atoms with van der Waals surface area (Å²) in [4.78, 5) is 24.8. The van der Waals surface area contributed by atoms with Crippen LogP contribution in [0.15, 0.2) is 68.6 Å². The molecule has 0 saturated heterocycles. The minimum absolute atomic E-state index is 0.199. The molecule has 0 unspecified atom stereocenters. The number of anilines is 1. The lowest BCUT2D eigenvalue weighted by atomic mass is 10.2. The fraction of sp³-hybridized carbons (Fsp3) is 0.222. The summed E-state index contributed by atoms with van der Waals surface area (Å²) in [6, 6.07) is 15.3. The Labute approximate surface area is 242 Å². The van der Waals surface area contributed by atoms with E-state index in [4.69, 9.17) is 25.8 Å². The average molecular weight is 668 g/mol. The number of amides is 2. The van der Waals surface area contributed by atoms with Crippen LogP contribution < -0.4 is 25.0 Å². The maximum Gasteiger partial charge on any atom is 0.271 e. The van der Waals surface area contributed by atoms with Crippen molar-refractivity contribution in [3.8, 4) is 17.2 Å². The van der Waals surface area contributed by atoms with Gasteiger partial charge in [-0.2, -0.15) is 5.10 Å². The van der Waals surface area contributed by atoms with Gasteiger partial charge in [-0.1, -0.05) is 18.5 Å². The zero-order valence-corrected chi connectivity index (χ0v) is 24.7. The molecule has 11 heteroatoms. The first-order valence-electron chi connectivity index (χ1n) is 11.7. The molecule has 3 aromatic rings. The van der Waals surface area contributed by atoms with Crippen LogP contribution in [0.1, 0.15) is 36.2 Å². The van der Waals surface area contributed by atoms with Crippen LogP contribution in [0, 0.1) is 0 Å². The maximum absolute atomic E-state index is 12.6. The van der Waals surface area contributed by atoms with Crippen molar-refractivity contribution in [2.24, 2.45) is 5.10 Å². The maximum atomic E-state index is 12.6. The zero-order chi connectivity index (χ0) is 27.5. The van der Waals surface area contributed by atoms with Gasteiger partial charge in [0.25, 0.3) is 11.8 Å². The van der Waals surface area contributed by atoms with Gasteiger partial charge in [0.15, 0.2) is 18.1 Å². The summed E-state index contributed by atoms with van der Waals surface area (Å²) in [6.45, 7) is 4.68. The fourth-order valence-corrected chi connectivity index (χ4v) is 4.72. The second kappa shape index (κ2) is 14.8. The molecule has 200 valence electrons. The molecule has 0 saturated carbocycles. The molecule has 0 heterocycles. The first-order chi connectivity index (χ1) is 18.3. The molecule has 0 radical (unpaired) electrons. The van der Waals surface area contributed by atoms with Crippen LogP contribution in [0.5, 0.6) is 17.2 Å². The number of ether oxygens (including phenoxy) is 3. The summed E-state index contributed by atoms with van der Waals surface area (Å²) >= 11 is 12.8. The zero-order valence-electron chi connectivity index (χ0n) is 20.7. The van der Waals surface area contributed by atoms with E-state index >= 15 is 0 Å². The third-order valence-electron chi connectivity index (χ3n) is 4.84. The number of rotatable bonds is 12. The van der Waals surface area contributed by atoms with E-state index < -0.39 is 5.91 Å². The standard InChI is InChI=1S/C27H26Br2ClN3O5/c1-3-11-37-23-10-5-18(14-24(23)36-4-2)27(35)33-31-15-17-12-21(28)26(22(29)13-17)38-16-25(34)32-20-8-6-19(30)7-9-20/h5-10,12-15H,3-4,11,16H2,1-2H3,(H,32,34)(H,33,35)/b31-15+. The summed E-state index contributed by atoms with van der Waals surface area (Å²) < 4.78 is 18.2. The number of hydrogen-bond acceptors (Lipinski definition) is 6. The van der Waals surface area contributed by atoms with E-state index in [1.807, 2.05) is 13.8 Å². The quantitative estimate of drug-likeness (QED) is 0.163. The Bertz CT molecular complexity index is 1280. The van der Waals surface area contributed by atoms with Gasteiger partial charge in [0.05, 0.1) is 28.4 Å². The highest BCUT2D eigenvalue weighted by Crippen LogP contribution is 2.34. The average Bonchev–Trinajstić information content (AvgIpc) is 2.89. The topological polar surface area (TPSA) is 98.3 Å². The molecule has 0 aliphatic heterocycles. The van der Waals surface area contributed by atoms with E-state index in [0.717, 1.165) is 6.42 Å². The highest BCUT2D eigenvalue weighted by molar-refractivity contribution is 9.11. The van der Waals surface area contributed by atoms with Crippen molar-refractivity contribution < 1.29 is 23.8 Å². The van der Waals surface area contributed by atoms with Gasteiger partial charge in [0, 0.05) is 16.3 Å². The molecule has 0 spiro atoms. The minimum Gasteiger partial charge on any atom is -0.490 e.